The van der Waals surface area contributed by atoms with Crippen LogP contribution in [-0.2, 0) is 22.9 Å². The summed E-state index contributed by atoms with van der Waals surface area (Å²) in [6.07, 6.45) is 7.48. The van der Waals surface area contributed by atoms with E-state index in [1.54, 1.807) is 23.0 Å². The van der Waals surface area contributed by atoms with E-state index in [1.165, 1.54) is 25.0 Å². The highest BCUT2D eigenvalue weighted by Crippen LogP contribution is 2.32. The summed E-state index contributed by atoms with van der Waals surface area (Å²) in [5, 5.41) is 9.83. The zero-order valence-electron chi connectivity index (χ0n) is 14.1. The maximum absolute atomic E-state index is 11.5. The Morgan fingerprint density at radius 2 is 1.92 bits per heavy atom. The van der Waals surface area contributed by atoms with Gasteiger partial charge in [-0.2, -0.15) is 5.10 Å². The average molecular weight is 369 g/mol. The molecule has 0 amide bonds. The van der Waals surface area contributed by atoms with Crippen molar-refractivity contribution in [2.75, 3.05) is 0 Å². The smallest absolute Gasteiger partial charge is 0.238 e. The number of nitrogens with zero attached hydrogens (tertiary/aromatic N) is 4. The van der Waals surface area contributed by atoms with E-state index in [4.69, 9.17) is 10.1 Å². The Hall–Kier alpha value is -2.58. The quantitative estimate of drug-likeness (QED) is 0.714. The molecule has 1 fully saturated rings. The van der Waals surface area contributed by atoms with Gasteiger partial charge >= 0.3 is 0 Å². The van der Waals surface area contributed by atoms with E-state index in [-0.39, 0.29) is 4.90 Å². The van der Waals surface area contributed by atoms with Gasteiger partial charge in [-0.1, -0.05) is 6.07 Å². The summed E-state index contributed by atoms with van der Waals surface area (Å²) in [6, 6.07) is 10.3. The first-order valence-electron chi connectivity index (χ1n) is 8.46. The first-order chi connectivity index (χ1) is 12.5. The average Bonchev–Trinajstić information content (AvgIpc) is 3.35. The molecule has 2 heterocycles. The van der Waals surface area contributed by atoms with Crippen molar-refractivity contribution in [1.29, 1.82) is 0 Å². The Morgan fingerprint density at radius 1 is 1.15 bits per heavy atom. The maximum Gasteiger partial charge on any atom is 0.238 e. The van der Waals surface area contributed by atoms with Gasteiger partial charge in [-0.25, -0.2) is 23.2 Å². The Balaban J connectivity index is 1.69. The second-order valence-electron chi connectivity index (χ2n) is 6.58. The minimum Gasteiger partial charge on any atom is -0.264 e. The molecule has 2 N–H and O–H groups in total. The van der Waals surface area contributed by atoms with Crippen molar-refractivity contribution < 1.29 is 8.42 Å². The molecule has 1 saturated carbocycles. The molecule has 26 heavy (non-hydrogen) atoms. The molecule has 0 bridgehead atoms. The Morgan fingerprint density at radius 3 is 2.54 bits per heavy atom. The Kier molecular flexibility index (Phi) is 4.29. The van der Waals surface area contributed by atoms with Gasteiger partial charge in [-0.05, 0) is 54.7 Å². The molecule has 0 saturated heterocycles. The minimum atomic E-state index is -3.72. The van der Waals surface area contributed by atoms with E-state index in [2.05, 4.69) is 10.1 Å². The predicted molar refractivity (Wildman–Crippen MR) is 96.2 cm³/mol. The fraction of sp³-hybridized carbons (Fsp3) is 0.278. The van der Waals surface area contributed by atoms with E-state index in [0.717, 1.165) is 29.3 Å². The molecule has 134 valence electrons. The van der Waals surface area contributed by atoms with Gasteiger partial charge in [0.25, 0.3) is 0 Å². The van der Waals surface area contributed by atoms with Gasteiger partial charge in [-0.3, -0.25) is 4.98 Å². The molecular weight excluding hydrogens is 350 g/mol. The van der Waals surface area contributed by atoms with Crippen molar-refractivity contribution >= 4 is 10.0 Å². The van der Waals surface area contributed by atoms with Crippen molar-refractivity contribution in [1.82, 2.24) is 19.7 Å². The standard InChI is InChI=1S/C18H19N5O2S/c19-26(24,25)16-7-5-15(6-8-16)23-18(11-14-2-1-9-20-12-14)21-17(22-23)10-13-3-4-13/h1-2,5-9,12-13H,3-4,10-11H2,(H2,19,24,25). The van der Waals surface area contributed by atoms with E-state index in [9.17, 15) is 8.42 Å². The number of hydrogen-bond acceptors (Lipinski definition) is 5. The van der Waals surface area contributed by atoms with Crippen molar-refractivity contribution in [2.45, 2.75) is 30.6 Å². The third-order valence-corrected chi connectivity index (χ3v) is 5.31. The van der Waals surface area contributed by atoms with E-state index < -0.39 is 10.0 Å². The minimum absolute atomic E-state index is 0.0772. The highest BCUT2D eigenvalue weighted by atomic mass is 32.2. The summed E-state index contributed by atoms with van der Waals surface area (Å²) in [4.78, 5) is 8.94. The molecule has 2 aromatic heterocycles. The third kappa shape index (κ3) is 3.81. The monoisotopic (exact) mass is 369 g/mol. The lowest BCUT2D eigenvalue weighted by molar-refractivity contribution is 0.597. The largest absolute Gasteiger partial charge is 0.264 e. The van der Waals surface area contributed by atoms with Crippen LogP contribution in [0.2, 0.25) is 0 Å². The van der Waals surface area contributed by atoms with Crippen molar-refractivity contribution in [3.63, 3.8) is 0 Å². The number of benzene rings is 1. The lowest BCUT2D eigenvalue weighted by Gasteiger charge is -2.07. The normalized spacial score (nSPS) is 14.5. The molecule has 1 aromatic carbocycles. The highest BCUT2D eigenvalue weighted by molar-refractivity contribution is 7.89. The van der Waals surface area contributed by atoms with Crippen molar-refractivity contribution in [3.05, 3.63) is 66.0 Å². The number of primary sulfonamides is 1. The van der Waals surface area contributed by atoms with Crippen LogP contribution in [0.15, 0.2) is 53.7 Å². The van der Waals surface area contributed by atoms with Crippen LogP contribution in [0.3, 0.4) is 0 Å². The summed E-state index contributed by atoms with van der Waals surface area (Å²) in [7, 11) is -3.72. The van der Waals surface area contributed by atoms with E-state index in [1.807, 2.05) is 18.3 Å². The first kappa shape index (κ1) is 16.9. The van der Waals surface area contributed by atoms with Crippen LogP contribution in [0.5, 0.6) is 0 Å². The SMILES string of the molecule is NS(=O)(=O)c1ccc(-n2nc(CC3CC3)nc2Cc2cccnc2)cc1. The molecule has 7 nitrogen and oxygen atoms in total. The molecular formula is C18H19N5O2S. The highest BCUT2D eigenvalue weighted by Gasteiger charge is 2.24. The zero-order valence-corrected chi connectivity index (χ0v) is 14.9. The summed E-state index contributed by atoms with van der Waals surface area (Å²) in [6.45, 7) is 0. The number of rotatable bonds is 6. The lowest BCUT2D eigenvalue weighted by atomic mass is 10.2. The van der Waals surface area contributed by atoms with Gasteiger partial charge in [0.15, 0.2) is 5.82 Å². The summed E-state index contributed by atoms with van der Waals surface area (Å²) in [5.74, 6) is 2.31. The van der Waals surface area contributed by atoms with Gasteiger partial charge < -0.3 is 0 Å². The van der Waals surface area contributed by atoms with Gasteiger partial charge in [0, 0.05) is 25.2 Å². The van der Waals surface area contributed by atoms with Crippen molar-refractivity contribution in [2.24, 2.45) is 11.1 Å². The van der Waals surface area contributed by atoms with Crippen LogP contribution >= 0.6 is 0 Å². The summed E-state index contributed by atoms with van der Waals surface area (Å²) in [5.41, 5.74) is 1.80. The van der Waals surface area contributed by atoms with Gasteiger partial charge in [0.1, 0.15) is 5.82 Å². The third-order valence-electron chi connectivity index (χ3n) is 4.38. The van der Waals surface area contributed by atoms with Gasteiger partial charge in [-0.15, -0.1) is 0 Å². The van der Waals surface area contributed by atoms with E-state index in [0.29, 0.717) is 12.3 Å². The number of aromatic nitrogens is 4. The topological polar surface area (TPSA) is 104 Å². The lowest BCUT2D eigenvalue weighted by Crippen LogP contribution is -2.12. The number of nitrogens with two attached hydrogens (primary N) is 1. The molecule has 3 aromatic rings. The van der Waals surface area contributed by atoms with Crippen LogP contribution in [0, 0.1) is 5.92 Å². The summed E-state index contributed by atoms with van der Waals surface area (Å²) >= 11 is 0. The van der Waals surface area contributed by atoms with Gasteiger partial charge in [0.05, 0.1) is 10.6 Å². The second-order valence-corrected chi connectivity index (χ2v) is 8.14. The number of hydrogen-bond donors (Lipinski definition) is 1. The maximum atomic E-state index is 11.5. The summed E-state index contributed by atoms with van der Waals surface area (Å²) < 4.78 is 24.7. The number of pyridine rings is 1. The molecule has 1 aliphatic rings. The molecule has 0 spiro atoms. The first-order valence-corrected chi connectivity index (χ1v) is 10.0. The zero-order chi connectivity index (χ0) is 18.1. The van der Waals surface area contributed by atoms with Crippen LogP contribution < -0.4 is 5.14 Å². The molecule has 0 unspecified atom stereocenters. The number of sulfonamides is 1. The molecule has 1 aliphatic carbocycles. The predicted octanol–water partition coefficient (Wildman–Crippen LogP) is 1.85. The molecule has 0 radical (unpaired) electrons. The fourth-order valence-electron chi connectivity index (χ4n) is 2.84. The fourth-order valence-corrected chi connectivity index (χ4v) is 3.36. The second kappa shape index (κ2) is 6.62. The van der Waals surface area contributed by atoms with Crippen LogP contribution in [0.1, 0.15) is 30.1 Å². The van der Waals surface area contributed by atoms with Crippen molar-refractivity contribution in [3.8, 4) is 5.69 Å². The van der Waals surface area contributed by atoms with E-state index >= 15 is 0 Å². The molecule has 0 aliphatic heterocycles. The Bertz CT molecular complexity index is 1010. The molecule has 8 heteroatoms. The van der Waals surface area contributed by atoms with Crippen LogP contribution in [0.4, 0.5) is 0 Å². The van der Waals surface area contributed by atoms with Crippen LogP contribution in [0.25, 0.3) is 5.69 Å². The molecule has 0 atom stereocenters. The molecule has 4 rings (SSSR count). The van der Waals surface area contributed by atoms with Crippen LogP contribution in [-0.4, -0.2) is 28.2 Å². The van der Waals surface area contributed by atoms with Gasteiger partial charge in [0.2, 0.25) is 10.0 Å². The Labute approximate surface area is 152 Å².